The van der Waals surface area contributed by atoms with Gasteiger partial charge in [-0.1, -0.05) is 25.5 Å². The summed E-state index contributed by atoms with van der Waals surface area (Å²) >= 11 is 0. The van der Waals surface area contributed by atoms with E-state index >= 15 is 0 Å². The van der Waals surface area contributed by atoms with Gasteiger partial charge in [0.15, 0.2) is 11.5 Å². The zero-order valence-electron chi connectivity index (χ0n) is 16.3. The van der Waals surface area contributed by atoms with E-state index in [-0.39, 0.29) is 22.8 Å². The van der Waals surface area contributed by atoms with Crippen LogP contribution in [0.1, 0.15) is 30.9 Å². The smallest absolute Gasteiger partial charge is 0.266 e. The minimum atomic E-state index is -0.519. The number of ether oxygens (including phenoxy) is 2. The number of nitrogens with one attached hydrogen (secondary N) is 1. The van der Waals surface area contributed by atoms with E-state index in [2.05, 4.69) is 12.2 Å². The Morgan fingerprint density at radius 2 is 1.79 bits per heavy atom. The highest BCUT2D eigenvalue weighted by Gasteiger charge is 2.14. The number of rotatable bonds is 8. The van der Waals surface area contributed by atoms with Crippen molar-refractivity contribution in [2.24, 2.45) is 0 Å². The Kier molecular flexibility index (Phi) is 7.46. The van der Waals surface area contributed by atoms with Crippen LogP contribution < -0.4 is 14.8 Å². The van der Waals surface area contributed by atoms with Gasteiger partial charge in [0, 0.05) is 5.69 Å². The summed E-state index contributed by atoms with van der Waals surface area (Å²) in [6.45, 7) is 2.14. The molecule has 0 spiro atoms. The molecule has 2 aromatic rings. The van der Waals surface area contributed by atoms with Gasteiger partial charge in [-0.2, -0.15) is 5.26 Å². The summed E-state index contributed by atoms with van der Waals surface area (Å²) in [5.41, 5.74) is 2.24. The topological polar surface area (TPSA) is 91.6 Å². The molecule has 0 aromatic heterocycles. The molecular formula is C22H24N2O4. The number of phenolic OH excluding ortho intramolecular Hbond substituents is 1. The van der Waals surface area contributed by atoms with Gasteiger partial charge in [0.05, 0.1) is 14.2 Å². The van der Waals surface area contributed by atoms with Crippen molar-refractivity contribution in [3.05, 3.63) is 53.1 Å². The summed E-state index contributed by atoms with van der Waals surface area (Å²) in [6, 6.07) is 12.5. The van der Waals surface area contributed by atoms with Gasteiger partial charge in [-0.05, 0) is 54.3 Å². The summed E-state index contributed by atoms with van der Waals surface area (Å²) in [7, 11) is 2.81. The lowest BCUT2D eigenvalue weighted by atomic mass is 10.1. The third kappa shape index (κ3) is 5.27. The van der Waals surface area contributed by atoms with Gasteiger partial charge in [0.1, 0.15) is 11.6 Å². The van der Waals surface area contributed by atoms with Crippen molar-refractivity contribution in [3.8, 4) is 23.3 Å². The average Bonchev–Trinajstić information content (AvgIpc) is 2.72. The summed E-state index contributed by atoms with van der Waals surface area (Å²) < 4.78 is 10.2. The zero-order valence-corrected chi connectivity index (χ0v) is 16.3. The summed E-state index contributed by atoms with van der Waals surface area (Å²) in [4.78, 5) is 12.5. The molecular weight excluding hydrogens is 356 g/mol. The first-order valence-corrected chi connectivity index (χ1v) is 8.99. The number of nitriles is 1. The molecule has 0 heterocycles. The quantitative estimate of drug-likeness (QED) is 0.526. The second kappa shape index (κ2) is 10.0. The van der Waals surface area contributed by atoms with Gasteiger partial charge in [0.2, 0.25) is 5.75 Å². The molecule has 0 unspecified atom stereocenters. The first-order chi connectivity index (χ1) is 13.5. The zero-order chi connectivity index (χ0) is 20.5. The minimum absolute atomic E-state index is 0.0788. The van der Waals surface area contributed by atoms with E-state index in [1.54, 1.807) is 0 Å². The number of methoxy groups -OCH3 is 2. The molecule has 28 heavy (non-hydrogen) atoms. The number of nitrogens with zero attached hydrogens (tertiary/aromatic N) is 1. The van der Waals surface area contributed by atoms with Crippen LogP contribution in [0.5, 0.6) is 17.2 Å². The van der Waals surface area contributed by atoms with Crippen molar-refractivity contribution >= 4 is 17.7 Å². The van der Waals surface area contributed by atoms with Crippen molar-refractivity contribution in [2.75, 3.05) is 19.5 Å². The van der Waals surface area contributed by atoms with E-state index < -0.39 is 5.91 Å². The number of phenols is 1. The number of hydrogen-bond donors (Lipinski definition) is 2. The number of unbranched alkanes of at least 4 members (excludes halogenated alkanes) is 1. The molecule has 1 amide bonds. The third-order valence-corrected chi connectivity index (χ3v) is 4.21. The molecule has 0 aliphatic rings. The molecule has 2 aromatic carbocycles. The molecule has 6 heteroatoms. The molecule has 0 saturated carbocycles. The Hall–Kier alpha value is -3.46. The Labute approximate surface area is 165 Å². The third-order valence-electron chi connectivity index (χ3n) is 4.21. The van der Waals surface area contributed by atoms with Crippen LogP contribution in [0.4, 0.5) is 5.69 Å². The first kappa shape index (κ1) is 20.8. The molecule has 2 rings (SSSR count). The van der Waals surface area contributed by atoms with Gasteiger partial charge in [-0.15, -0.1) is 0 Å². The van der Waals surface area contributed by atoms with E-state index in [1.165, 1.54) is 38.0 Å². The molecule has 0 radical (unpaired) electrons. The largest absolute Gasteiger partial charge is 0.502 e. The molecule has 0 bridgehead atoms. The lowest BCUT2D eigenvalue weighted by Crippen LogP contribution is -2.13. The van der Waals surface area contributed by atoms with Crippen LogP contribution in [-0.4, -0.2) is 25.2 Å². The second-order valence-corrected chi connectivity index (χ2v) is 6.20. The Morgan fingerprint density at radius 1 is 1.18 bits per heavy atom. The molecule has 6 nitrogen and oxygen atoms in total. The van der Waals surface area contributed by atoms with Crippen molar-refractivity contribution in [3.63, 3.8) is 0 Å². The predicted molar refractivity (Wildman–Crippen MR) is 108 cm³/mol. The highest BCUT2D eigenvalue weighted by molar-refractivity contribution is 6.09. The number of aromatic hydroxyl groups is 1. The highest BCUT2D eigenvalue weighted by Crippen LogP contribution is 2.37. The second-order valence-electron chi connectivity index (χ2n) is 6.20. The lowest BCUT2D eigenvalue weighted by molar-refractivity contribution is -0.112. The van der Waals surface area contributed by atoms with Crippen LogP contribution in [0.25, 0.3) is 6.08 Å². The maximum Gasteiger partial charge on any atom is 0.266 e. The Balaban J connectivity index is 2.20. The SMILES string of the molecule is CCCCc1ccc(NC(=O)/C(C#N)=C/c2cc(OC)c(O)c(OC)c2)cc1. The lowest BCUT2D eigenvalue weighted by Gasteiger charge is -2.10. The van der Waals surface area contributed by atoms with Gasteiger partial charge in [-0.25, -0.2) is 0 Å². The molecule has 0 aliphatic heterocycles. The monoisotopic (exact) mass is 380 g/mol. The van der Waals surface area contributed by atoms with Crippen LogP contribution in [0.2, 0.25) is 0 Å². The molecule has 2 N–H and O–H groups in total. The molecule has 0 saturated heterocycles. The van der Waals surface area contributed by atoms with Gasteiger partial charge >= 0.3 is 0 Å². The van der Waals surface area contributed by atoms with Crippen molar-refractivity contribution in [2.45, 2.75) is 26.2 Å². The van der Waals surface area contributed by atoms with Crippen molar-refractivity contribution < 1.29 is 19.4 Å². The predicted octanol–water partition coefficient (Wildman–Crippen LogP) is 4.30. The summed E-state index contributed by atoms with van der Waals surface area (Å²) in [6.07, 6.45) is 4.66. The van der Waals surface area contributed by atoms with Gasteiger partial charge in [0.25, 0.3) is 5.91 Å². The van der Waals surface area contributed by atoms with E-state index in [0.717, 1.165) is 19.3 Å². The number of anilines is 1. The normalized spacial score (nSPS) is 10.9. The molecule has 146 valence electrons. The number of aryl methyl sites for hydroxylation is 1. The number of carbonyl (C=O) groups excluding carboxylic acids is 1. The highest BCUT2D eigenvalue weighted by atomic mass is 16.5. The maximum absolute atomic E-state index is 12.5. The summed E-state index contributed by atoms with van der Waals surface area (Å²) in [5, 5.41) is 22.1. The number of amides is 1. The maximum atomic E-state index is 12.5. The number of benzene rings is 2. The Bertz CT molecular complexity index is 871. The number of carbonyl (C=O) groups is 1. The first-order valence-electron chi connectivity index (χ1n) is 8.99. The Morgan fingerprint density at radius 3 is 2.29 bits per heavy atom. The van der Waals surface area contributed by atoms with E-state index in [0.29, 0.717) is 11.3 Å². The van der Waals surface area contributed by atoms with Crippen molar-refractivity contribution in [1.29, 1.82) is 5.26 Å². The van der Waals surface area contributed by atoms with Gasteiger partial charge < -0.3 is 19.9 Å². The van der Waals surface area contributed by atoms with E-state index in [9.17, 15) is 15.2 Å². The molecule has 0 atom stereocenters. The standard InChI is InChI=1S/C22H24N2O4/c1-4-5-6-15-7-9-18(10-8-15)24-22(26)17(14-23)11-16-12-19(27-2)21(25)20(13-16)28-3/h7-13,25H,4-6H2,1-3H3,(H,24,26)/b17-11+. The fraction of sp³-hybridized carbons (Fsp3) is 0.273. The fourth-order valence-corrected chi connectivity index (χ4v) is 2.65. The summed E-state index contributed by atoms with van der Waals surface area (Å²) in [5.74, 6) is -0.292. The van der Waals surface area contributed by atoms with Crippen LogP contribution in [-0.2, 0) is 11.2 Å². The van der Waals surface area contributed by atoms with E-state index in [1.807, 2.05) is 30.3 Å². The average molecular weight is 380 g/mol. The fourth-order valence-electron chi connectivity index (χ4n) is 2.65. The van der Waals surface area contributed by atoms with Crippen LogP contribution >= 0.6 is 0 Å². The van der Waals surface area contributed by atoms with Gasteiger partial charge in [-0.3, -0.25) is 4.79 Å². The van der Waals surface area contributed by atoms with Crippen LogP contribution in [0.15, 0.2) is 42.0 Å². The number of hydrogen-bond acceptors (Lipinski definition) is 5. The van der Waals surface area contributed by atoms with Crippen LogP contribution in [0.3, 0.4) is 0 Å². The van der Waals surface area contributed by atoms with E-state index in [4.69, 9.17) is 9.47 Å². The van der Waals surface area contributed by atoms with Crippen LogP contribution in [0, 0.1) is 11.3 Å². The van der Waals surface area contributed by atoms with Crippen molar-refractivity contribution in [1.82, 2.24) is 0 Å². The molecule has 0 aliphatic carbocycles. The minimum Gasteiger partial charge on any atom is -0.502 e. The molecule has 0 fully saturated rings.